The van der Waals surface area contributed by atoms with Crippen molar-refractivity contribution >= 4 is 17.3 Å². The predicted molar refractivity (Wildman–Crippen MR) is 91.3 cm³/mol. The highest BCUT2D eigenvalue weighted by Gasteiger charge is 2.10. The fraction of sp³-hybridized carbons (Fsp3) is 0.294. The highest BCUT2D eigenvalue weighted by Crippen LogP contribution is 2.24. The number of pyridine rings is 1. The molecule has 2 aromatic rings. The van der Waals surface area contributed by atoms with Crippen molar-refractivity contribution in [1.82, 2.24) is 4.98 Å². The molecule has 1 aromatic carbocycles. The van der Waals surface area contributed by atoms with Crippen LogP contribution < -0.4 is 16.4 Å². The van der Waals surface area contributed by atoms with Gasteiger partial charge in [0.25, 0.3) is 0 Å². The van der Waals surface area contributed by atoms with Crippen LogP contribution in [0.2, 0.25) is 0 Å². The number of aliphatic imine (C=N–C) groups is 1. The first-order valence-electron chi connectivity index (χ1n) is 7.64. The van der Waals surface area contributed by atoms with E-state index in [1.807, 2.05) is 12.1 Å². The van der Waals surface area contributed by atoms with E-state index in [-0.39, 0.29) is 0 Å². The van der Waals surface area contributed by atoms with E-state index in [0.717, 1.165) is 24.3 Å². The smallest absolute Gasteiger partial charge is 0.193 e. The van der Waals surface area contributed by atoms with Crippen LogP contribution in [-0.4, -0.2) is 24.0 Å². The van der Waals surface area contributed by atoms with Crippen LogP contribution in [0.4, 0.5) is 11.4 Å². The molecule has 4 N–H and O–H groups in total. The minimum absolute atomic E-state index is 0.453. The van der Waals surface area contributed by atoms with E-state index in [1.54, 1.807) is 12.4 Å². The normalized spacial score (nSPS) is 13.7. The maximum absolute atomic E-state index is 5.93. The largest absolute Gasteiger partial charge is 0.383 e. The molecule has 1 aliphatic rings. The third-order valence-electron chi connectivity index (χ3n) is 3.77. The lowest BCUT2D eigenvalue weighted by Crippen LogP contribution is -2.23. The molecule has 0 unspecified atom stereocenters. The van der Waals surface area contributed by atoms with Crippen LogP contribution in [0, 0.1) is 0 Å². The van der Waals surface area contributed by atoms with Crippen LogP contribution in [-0.2, 0) is 12.8 Å². The Labute approximate surface area is 130 Å². The van der Waals surface area contributed by atoms with Gasteiger partial charge in [0.05, 0.1) is 6.54 Å². The lowest BCUT2D eigenvalue weighted by Gasteiger charge is -2.08. The summed E-state index contributed by atoms with van der Waals surface area (Å²) in [6, 6.07) is 10.3. The first-order valence-corrected chi connectivity index (χ1v) is 7.64. The second-order valence-corrected chi connectivity index (χ2v) is 5.39. The second-order valence-electron chi connectivity index (χ2n) is 5.39. The van der Waals surface area contributed by atoms with E-state index in [2.05, 4.69) is 38.8 Å². The van der Waals surface area contributed by atoms with Crippen LogP contribution in [0.25, 0.3) is 0 Å². The maximum atomic E-state index is 5.93. The Morgan fingerprint density at radius 2 is 1.91 bits per heavy atom. The first-order chi connectivity index (χ1) is 10.8. The van der Waals surface area contributed by atoms with E-state index in [1.165, 1.54) is 24.0 Å². The molecule has 0 spiro atoms. The topological polar surface area (TPSA) is 75.3 Å². The van der Waals surface area contributed by atoms with Crippen molar-refractivity contribution < 1.29 is 0 Å². The van der Waals surface area contributed by atoms with Crippen molar-refractivity contribution in [2.45, 2.75) is 19.3 Å². The van der Waals surface area contributed by atoms with Gasteiger partial charge in [0.2, 0.25) is 0 Å². The van der Waals surface area contributed by atoms with E-state index in [4.69, 9.17) is 5.73 Å². The van der Waals surface area contributed by atoms with Gasteiger partial charge in [0, 0.05) is 30.3 Å². The van der Waals surface area contributed by atoms with Gasteiger partial charge >= 0.3 is 0 Å². The molecule has 0 amide bonds. The number of fused-ring (bicyclic) bond motifs is 1. The molecule has 3 rings (SSSR count). The minimum Gasteiger partial charge on any atom is -0.383 e. The molecule has 0 saturated heterocycles. The fourth-order valence-corrected chi connectivity index (χ4v) is 2.68. The molecule has 0 saturated carbocycles. The SMILES string of the molecule is NC(=NCCNc1ccncc1)Nc1ccc2c(c1)CCC2. The average Bonchev–Trinajstić information content (AvgIpc) is 3.00. The number of aromatic nitrogens is 1. The fourth-order valence-electron chi connectivity index (χ4n) is 2.68. The zero-order valence-corrected chi connectivity index (χ0v) is 12.5. The third kappa shape index (κ3) is 3.75. The summed E-state index contributed by atoms with van der Waals surface area (Å²) >= 11 is 0. The number of anilines is 2. The highest BCUT2D eigenvalue weighted by molar-refractivity contribution is 5.92. The zero-order valence-electron chi connectivity index (χ0n) is 12.5. The van der Waals surface area contributed by atoms with Crippen LogP contribution in [0.3, 0.4) is 0 Å². The lowest BCUT2D eigenvalue weighted by atomic mass is 10.1. The number of aryl methyl sites for hydroxylation is 2. The average molecular weight is 295 g/mol. The van der Waals surface area contributed by atoms with Crippen LogP contribution in [0.15, 0.2) is 47.7 Å². The molecule has 0 bridgehead atoms. The van der Waals surface area contributed by atoms with Crippen LogP contribution in [0.5, 0.6) is 0 Å². The number of nitrogens with zero attached hydrogens (tertiary/aromatic N) is 2. The molecule has 1 heterocycles. The highest BCUT2D eigenvalue weighted by atomic mass is 15.1. The summed E-state index contributed by atoms with van der Waals surface area (Å²) < 4.78 is 0. The number of nitrogens with two attached hydrogens (primary N) is 1. The number of benzene rings is 1. The van der Waals surface area contributed by atoms with Gasteiger partial charge in [-0.2, -0.15) is 0 Å². The molecule has 0 radical (unpaired) electrons. The van der Waals surface area contributed by atoms with Crippen molar-refractivity contribution in [2.75, 3.05) is 23.7 Å². The Balaban J connectivity index is 1.48. The number of hydrogen-bond acceptors (Lipinski definition) is 3. The number of guanidine groups is 1. The Hall–Kier alpha value is -2.56. The Bertz CT molecular complexity index is 651. The van der Waals surface area contributed by atoms with Crippen LogP contribution >= 0.6 is 0 Å². The Morgan fingerprint density at radius 3 is 2.77 bits per heavy atom. The summed E-state index contributed by atoms with van der Waals surface area (Å²) in [5.74, 6) is 0.453. The summed E-state index contributed by atoms with van der Waals surface area (Å²) in [6.07, 6.45) is 7.13. The van der Waals surface area contributed by atoms with E-state index >= 15 is 0 Å². The summed E-state index contributed by atoms with van der Waals surface area (Å²) in [4.78, 5) is 8.31. The van der Waals surface area contributed by atoms with Gasteiger partial charge in [-0.1, -0.05) is 6.07 Å². The summed E-state index contributed by atoms with van der Waals surface area (Å²) in [5.41, 5.74) is 10.9. The molecule has 0 atom stereocenters. The molecule has 5 nitrogen and oxygen atoms in total. The van der Waals surface area contributed by atoms with Gasteiger partial charge in [-0.3, -0.25) is 9.98 Å². The lowest BCUT2D eigenvalue weighted by molar-refractivity contribution is 0.912. The molecule has 1 aromatic heterocycles. The molecule has 22 heavy (non-hydrogen) atoms. The maximum Gasteiger partial charge on any atom is 0.193 e. The number of rotatable bonds is 5. The van der Waals surface area contributed by atoms with Crippen molar-refractivity contribution in [3.05, 3.63) is 53.9 Å². The number of hydrogen-bond donors (Lipinski definition) is 3. The van der Waals surface area contributed by atoms with Crippen molar-refractivity contribution in [3.63, 3.8) is 0 Å². The summed E-state index contributed by atoms with van der Waals surface area (Å²) in [6.45, 7) is 1.35. The molecular weight excluding hydrogens is 274 g/mol. The van der Waals surface area contributed by atoms with Crippen LogP contribution in [0.1, 0.15) is 17.5 Å². The monoisotopic (exact) mass is 295 g/mol. The summed E-state index contributed by atoms with van der Waals surface area (Å²) in [5, 5.41) is 6.43. The summed E-state index contributed by atoms with van der Waals surface area (Å²) in [7, 11) is 0. The molecule has 5 heteroatoms. The van der Waals surface area contributed by atoms with Gasteiger partial charge in [0.1, 0.15) is 0 Å². The molecule has 1 aliphatic carbocycles. The van der Waals surface area contributed by atoms with Crippen molar-refractivity contribution in [1.29, 1.82) is 0 Å². The van der Waals surface area contributed by atoms with Gasteiger partial charge in [-0.05, 0) is 54.7 Å². The molecular formula is C17H21N5. The molecule has 0 fully saturated rings. The predicted octanol–water partition coefficient (Wildman–Crippen LogP) is 2.41. The minimum atomic E-state index is 0.453. The van der Waals surface area contributed by atoms with Gasteiger partial charge < -0.3 is 16.4 Å². The van der Waals surface area contributed by atoms with Gasteiger partial charge in [-0.25, -0.2) is 0 Å². The van der Waals surface area contributed by atoms with Gasteiger partial charge in [-0.15, -0.1) is 0 Å². The van der Waals surface area contributed by atoms with Crippen molar-refractivity contribution in [2.24, 2.45) is 10.7 Å². The van der Waals surface area contributed by atoms with E-state index < -0.39 is 0 Å². The van der Waals surface area contributed by atoms with E-state index in [0.29, 0.717) is 12.5 Å². The third-order valence-corrected chi connectivity index (χ3v) is 3.77. The molecule has 114 valence electrons. The second kappa shape index (κ2) is 6.93. The van der Waals surface area contributed by atoms with Gasteiger partial charge in [0.15, 0.2) is 5.96 Å². The van der Waals surface area contributed by atoms with E-state index in [9.17, 15) is 0 Å². The quantitative estimate of drug-likeness (QED) is 0.450. The first kappa shape index (κ1) is 14.4. The zero-order chi connectivity index (χ0) is 15.2. The Kier molecular flexibility index (Phi) is 4.53. The van der Waals surface area contributed by atoms with Crippen molar-refractivity contribution in [3.8, 4) is 0 Å². The molecule has 0 aliphatic heterocycles. The number of nitrogens with one attached hydrogen (secondary N) is 2. The Morgan fingerprint density at radius 1 is 1.09 bits per heavy atom. The standard InChI is InChI=1S/C17H21N5/c18-17(21-11-10-20-15-6-8-19-9-7-15)22-16-5-4-13-2-1-3-14(13)12-16/h4-9,12H,1-3,10-11H2,(H,19,20)(H3,18,21,22).